The highest BCUT2D eigenvalue weighted by Crippen LogP contribution is 2.11. The fourth-order valence-corrected chi connectivity index (χ4v) is 1.32. The fraction of sp³-hybridized carbons (Fsp3) is 0.308. The summed E-state index contributed by atoms with van der Waals surface area (Å²) in [5.74, 6) is -2.18. The first kappa shape index (κ1) is 13.9. The van der Waals surface area contributed by atoms with Crippen LogP contribution < -0.4 is 0 Å². The second kappa shape index (κ2) is 6.54. The first-order valence-electron chi connectivity index (χ1n) is 5.39. The Kier molecular flexibility index (Phi) is 5.05. The predicted molar refractivity (Wildman–Crippen MR) is 62.9 cm³/mol. The number of carbonyl (C=O) groups excluding carboxylic acids is 3. The van der Waals surface area contributed by atoms with Crippen molar-refractivity contribution in [2.75, 3.05) is 7.11 Å². The maximum atomic E-state index is 11.7. The average molecular weight is 250 g/mol. The summed E-state index contributed by atoms with van der Waals surface area (Å²) in [6, 6.07) is 8.22. The van der Waals surface area contributed by atoms with Gasteiger partial charge in [0.25, 0.3) is 0 Å². The van der Waals surface area contributed by atoms with E-state index in [9.17, 15) is 14.4 Å². The highest BCUT2D eigenvalue weighted by atomic mass is 16.6. The Hall–Kier alpha value is -2.17. The molecule has 0 aliphatic carbocycles. The Morgan fingerprint density at radius 1 is 1.22 bits per heavy atom. The second-order valence-electron chi connectivity index (χ2n) is 3.71. The standard InChI is InChI=1S/C13H14O5/c1-9(8-14)11(13(16)17-2)18-12(15)10-6-4-3-5-7-10/h3-9,11H,1-2H3. The topological polar surface area (TPSA) is 69.7 Å². The lowest BCUT2D eigenvalue weighted by Gasteiger charge is -2.17. The molecule has 1 aromatic rings. The van der Waals surface area contributed by atoms with Crippen LogP contribution in [0.4, 0.5) is 0 Å². The Bertz CT molecular complexity index is 426. The summed E-state index contributed by atoms with van der Waals surface area (Å²) in [7, 11) is 1.17. The van der Waals surface area contributed by atoms with E-state index in [0.29, 0.717) is 11.8 Å². The molecule has 0 N–H and O–H groups in total. The summed E-state index contributed by atoms with van der Waals surface area (Å²) >= 11 is 0. The summed E-state index contributed by atoms with van der Waals surface area (Å²) in [5.41, 5.74) is 0.310. The molecule has 0 saturated heterocycles. The molecule has 2 atom stereocenters. The molecule has 0 radical (unpaired) electrons. The molecule has 18 heavy (non-hydrogen) atoms. The fourth-order valence-electron chi connectivity index (χ4n) is 1.32. The van der Waals surface area contributed by atoms with Gasteiger partial charge in [0, 0.05) is 0 Å². The number of ether oxygens (including phenoxy) is 2. The molecule has 0 saturated carbocycles. The molecule has 0 amide bonds. The molecule has 0 aromatic heterocycles. The van der Waals surface area contributed by atoms with Crippen LogP contribution in [0.25, 0.3) is 0 Å². The van der Waals surface area contributed by atoms with Gasteiger partial charge in [-0.2, -0.15) is 0 Å². The number of benzene rings is 1. The molecule has 96 valence electrons. The molecule has 0 fully saturated rings. The van der Waals surface area contributed by atoms with Crippen molar-refractivity contribution >= 4 is 18.2 Å². The molecule has 5 heteroatoms. The number of hydrogen-bond donors (Lipinski definition) is 0. The lowest BCUT2D eigenvalue weighted by Crippen LogP contribution is -2.35. The van der Waals surface area contributed by atoms with E-state index in [1.54, 1.807) is 30.3 Å². The van der Waals surface area contributed by atoms with Crippen molar-refractivity contribution in [2.45, 2.75) is 13.0 Å². The van der Waals surface area contributed by atoms with Gasteiger partial charge in [0.2, 0.25) is 6.10 Å². The maximum absolute atomic E-state index is 11.7. The molecule has 0 heterocycles. The zero-order valence-electron chi connectivity index (χ0n) is 10.2. The third-order valence-corrected chi connectivity index (χ3v) is 2.37. The van der Waals surface area contributed by atoms with Crippen LogP contribution in [0.5, 0.6) is 0 Å². The van der Waals surface area contributed by atoms with Gasteiger partial charge < -0.3 is 14.3 Å². The van der Waals surface area contributed by atoms with Crippen molar-refractivity contribution in [1.82, 2.24) is 0 Å². The Labute approximate surface area is 105 Å². The van der Waals surface area contributed by atoms with Gasteiger partial charge in [-0.25, -0.2) is 9.59 Å². The normalized spacial score (nSPS) is 13.2. The van der Waals surface area contributed by atoms with E-state index in [1.807, 2.05) is 0 Å². The molecule has 2 unspecified atom stereocenters. The molecule has 0 aliphatic rings. The Balaban J connectivity index is 2.81. The van der Waals surface area contributed by atoms with Crippen molar-refractivity contribution in [2.24, 2.45) is 5.92 Å². The molecule has 0 spiro atoms. The Morgan fingerprint density at radius 3 is 2.33 bits per heavy atom. The molecule has 0 aliphatic heterocycles. The minimum absolute atomic E-state index is 0.310. The molecule has 1 rings (SSSR count). The molecule has 1 aromatic carbocycles. The van der Waals surface area contributed by atoms with Gasteiger partial charge in [-0.1, -0.05) is 25.1 Å². The minimum Gasteiger partial charge on any atom is -0.466 e. The predicted octanol–water partition coefficient (Wildman–Crippen LogP) is 1.22. The van der Waals surface area contributed by atoms with Crippen molar-refractivity contribution < 1.29 is 23.9 Å². The highest BCUT2D eigenvalue weighted by molar-refractivity contribution is 5.92. The summed E-state index contributed by atoms with van der Waals surface area (Å²) in [6.07, 6.45) is -0.681. The lowest BCUT2D eigenvalue weighted by atomic mass is 10.1. The largest absolute Gasteiger partial charge is 0.466 e. The van der Waals surface area contributed by atoms with E-state index < -0.39 is 24.0 Å². The zero-order valence-corrected chi connectivity index (χ0v) is 10.2. The zero-order chi connectivity index (χ0) is 13.5. The summed E-state index contributed by atoms with van der Waals surface area (Å²) in [4.78, 5) is 33.9. The lowest BCUT2D eigenvalue weighted by molar-refractivity contribution is -0.154. The quantitative estimate of drug-likeness (QED) is 0.580. The van der Waals surface area contributed by atoms with Crippen molar-refractivity contribution in [3.8, 4) is 0 Å². The van der Waals surface area contributed by atoms with E-state index in [2.05, 4.69) is 4.74 Å². The highest BCUT2D eigenvalue weighted by Gasteiger charge is 2.30. The van der Waals surface area contributed by atoms with Crippen molar-refractivity contribution in [1.29, 1.82) is 0 Å². The van der Waals surface area contributed by atoms with Crippen LogP contribution in [-0.2, 0) is 19.1 Å². The van der Waals surface area contributed by atoms with Gasteiger partial charge in [-0.05, 0) is 12.1 Å². The van der Waals surface area contributed by atoms with Crippen LogP contribution in [0.1, 0.15) is 17.3 Å². The monoisotopic (exact) mass is 250 g/mol. The number of aldehydes is 1. The van der Waals surface area contributed by atoms with Crippen LogP contribution in [0, 0.1) is 5.92 Å². The number of carbonyl (C=O) groups is 3. The molecule has 5 nitrogen and oxygen atoms in total. The van der Waals surface area contributed by atoms with E-state index in [-0.39, 0.29) is 0 Å². The average Bonchev–Trinajstić information content (AvgIpc) is 2.43. The second-order valence-corrected chi connectivity index (χ2v) is 3.71. The van der Waals surface area contributed by atoms with E-state index >= 15 is 0 Å². The van der Waals surface area contributed by atoms with Gasteiger partial charge in [0.05, 0.1) is 18.6 Å². The van der Waals surface area contributed by atoms with Gasteiger partial charge >= 0.3 is 11.9 Å². The molecular weight excluding hydrogens is 236 g/mol. The Morgan fingerprint density at radius 2 is 1.83 bits per heavy atom. The molecule has 0 bridgehead atoms. The molecular formula is C13H14O5. The SMILES string of the molecule is COC(=O)C(OC(=O)c1ccccc1)C(C)C=O. The maximum Gasteiger partial charge on any atom is 0.347 e. The van der Waals surface area contributed by atoms with E-state index in [4.69, 9.17) is 4.74 Å². The van der Waals surface area contributed by atoms with Crippen LogP contribution in [0.3, 0.4) is 0 Å². The smallest absolute Gasteiger partial charge is 0.347 e. The van der Waals surface area contributed by atoms with Crippen LogP contribution in [-0.4, -0.2) is 31.4 Å². The first-order chi connectivity index (χ1) is 8.60. The van der Waals surface area contributed by atoms with Crippen LogP contribution in [0.15, 0.2) is 30.3 Å². The summed E-state index contributed by atoms with van der Waals surface area (Å²) < 4.78 is 9.49. The van der Waals surface area contributed by atoms with Crippen molar-refractivity contribution in [3.05, 3.63) is 35.9 Å². The third kappa shape index (κ3) is 3.41. The van der Waals surface area contributed by atoms with Crippen molar-refractivity contribution in [3.63, 3.8) is 0 Å². The summed E-state index contributed by atoms with van der Waals surface area (Å²) in [6.45, 7) is 1.48. The number of esters is 2. The van der Waals surface area contributed by atoms with Gasteiger partial charge in [-0.3, -0.25) is 0 Å². The number of rotatable bonds is 5. The number of methoxy groups -OCH3 is 1. The van der Waals surface area contributed by atoms with E-state index in [1.165, 1.54) is 14.0 Å². The van der Waals surface area contributed by atoms with Crippen LogP contribution in [0.2, 0.25) is 0 Å². The van der Waals surface area contributed by atoms with Gasteiger partial charge in [-0.15, -0.1) is 0 Å². The third-order valence-electron chi connectivity index (χ3n) is 2.37. The van der Waals surface area contributed by atoms with Gasteiger partial charge in [0.15, 0.2) is 0 Å². The summed E-state index contributed by atoms with van der Waals surface area (Å²) in [5, 5.41) is 0. The minimum atomic E-state index is -1.22. The number of hydrogen-bond acceptors (Lipinski definition) is 5. The van der Waals surface area contributed by atoms with Gasteiger partial charge in [0.1, 0.15) is 6.29 Å². The van der Waals surface area contributed by atoms with E-state index in [0.717, 1.165) is 0 Å². The first-order valence-corrected chi connectivity index (χ1v) is 5.39. The van der Waals surface area contributed by atoms with Crippen LogP contribution >= 0.6 is 0 Å².